The molecule has 0 aliphatic rings. The van der Waals surface area contributed by atoms with Crippen LogP contribution in [0.3, 0.4) is 0 Å². The van der Waals surface area contributed by atoms with E-state index in [9.17, 15) is 0 Å². The Morgan fingerprint density at radius 2 is 1.91 bits per heavy atom. The van der Waals surface area contributed by atoms with Crippen molar-refractivity contribution in [2.24, 2.45) is 0 Å². The molecule has 1 atom stereocenters. The summed E-state index contributed by atoms with van der Waals surface area (Å²) in [6.45, 7) is 4.03. The Balaban J connectivity index is 1.57. The maximum Gasteiger partial charge on any atom is 0.0946 e. The molecule has 22 heavy (non-hydrogen) atoms. The monoisotopic (exact) mass is 292 g/mol. The molecule has 0 bridgehead atoms. The van der Waals surface area contributed by atoms with Crippen LogP contribution in [0.1, 0.15) is 18.5 Å². The molecule has 2 aromatic heterocycles. The van der Waals surface area contributed by atoms with Crippen molar-refractivity contribution in [3.05, 3.63) is 73.1 Å². The Morgan fingerprint density at radius 3 is 2.59 bits per heavy atom. The largest absolute Gasteiger partial charge is 0.336 e. The van der Waals surface area contributed by atoms with Gasteiger partial charge >= 0.3 is 0 Å². The average molecular weight is 292 g/mol. The van der Waals surface area contributed by atoms with Gasteiger partial charge in [-0.2, -0.15) is 0 Å². The maximum atomic E-state index is 4.16. The van der Waals surface area contributed by atoms with Crippen LogP contribution in [0.2, 0.25) is 0 Å². The lowest BCUT2D eigenvalue weighted by atomic mass is 10.0. The first-order valence-corrected chi connectivity index (χ1v) is 7.52. The summed E-state index contributed by atoms with van der Waals surface area (Å²) in [5, 5.41) is 3.54. The highest BCUT2D eigenvalue weighted by Gasteiger charge is 2.05. The summed E-state index contributed by atoms with van der Waals surface area (Å²) in [4.78, 5) is 8.21. The third-order valence-electron chi connectivity index (χ3n) is 3.79. The summed E-state index contributed by atoms with van der Waals surface area (Å²) in [7, 11) is 0. The van der Waals surface area contributed by atoms with Crippen molar-refractivity contribution < 1.29 is 0 Å². The van der Waals surface area contributed by atoms with Gasteiger partial charge in [0.05, 0.1) is 6.33 Å². The average Bonchev–Trinajstić information content (AvgIpc) is 3.09. The number of pyridine rings is 1. The Morgan fingerprint density at radius 1 is 1.05 bits per heavy atom. The predicted molar refractivity (Wildman–Crippen MR) is 88.3 cm³/mol. The lowest BCUT2D eigenvalue weighted by Crippen LogP contribution is -2.22. The number of imidazole rings is 1. The van der Waals surface area contributed by atoms with Crippen LogP contribution in [0, 0.1) is 0 Å². The van der Waals surface area contributed by atoms with Gasteiger partial charge in [0.1, 0.15) is 0 Å². The van der Waals surface area contributed by atoms with Crippen LogP contribution in [-0.4, -0.2) is 21.1 Å². The van der Waals surface area contributed by atoms with Gasteiger partial charge in [0.2, 0.25) is 0 Å². The number of rotatable bonds is 6. The summed E-state index contributed by atoms with van der Waals surface area (Å²) >= 11 is 0. The normalized spacial score (nSPS) is 12.2. The van der Waals surface area contributed by atoms with Gasteiger partial charge in [0, 0.05) is 43.9 Å². The van der Waals surface area contributed by atoms with Gasteiger partial charge in [0.25, 0.3) is 0 Å². The van der Waals surface area contributed by atoms with Crippen molar-refractivity contribution >= 4 is 0 Å². The van der Waals surface area contributed by atoms with E-state index >= 15 is 0 Å². The van der Waals surface area contributed by atoms with E-state index < -0.39 is 0 Å². The second-order valence-electron chi connectivity index (χ2n) is 5.34. The Bertz CT molecular complexity index is 675. The molecule has 0 saturated heterocycles. The van der Waals surface area contributed by atoms with Crippen LogP contribution in [0.15, 0.2) is 67.5 Å². The molecule has 0 aliphatic heterocycles. The van der Waals surface area contributed by atoms with E-state index in [4.69, 9.17) is 0 Å². The lowest BCUT2D eigenvalue weighted by molar-refractivity contribution is 0.531. The Kier molecular flexibility index (Phi) is 4.61. The zero-order valence-electron chi connectivity index (χ0n) is 12.7. The molecule has 3 rings (SSSR count). The smallest absolute Gasteiger partial charge is 0.0946 e. The zero-order valence-corrected chi connectivity index (χ0v) is 12.7. The number of nitrogens with zero attached hydrogens (tertiary/aromatic N) is 3. The molecule has 0 radical (unpaired) electrons. The highest BCUT2D eigenvalue weighted by molar-refractivity contribution is 5.62. The minimum Gasteiger partial charge on any atom is -0.336 e. The van der Waals surface area contributed by atoms with Gasteiger partial charge in [-0.1, -0.05) is 30.3 Å². The van der Waals surface area contributed by atoms with Gasteiger partial charge in [0.15, 0.2) is 0 Å². The summed E-state index contributed by atoms with van der Waals surface area (Å²) in [5.41, 5.74) is 3.63. The minimum atomic E-state index is 0.325. The van der Waals surface area contributed by atoms with E-state index in [1.807, 2.05) is 24.8 Å². The summed E-state index contributed by atoms with van der Waals surface area (Å²) in [5.74, 6) is 0. The van der Waals surface area contributed by atoms with Gasteiger partial charge in [-0.3, -0.25) is 4.98 Å². The molecule has 3 aromatic rings. The van der Waals surface area contributed by atoms with Gasteiger partial charge in [-0.05, 0) is 29.7 Å². The molecule has 4 nitrogen and oxygen atoms in total. The fourth-order valence-electron chi connectivity index (χ4n) is 2.44. The summed E-state index contributed by atoms with van der Waals surface area (Å²) in [6, 6.07) is 13.0. The molecule has 1 aromatic carbocycles. The molecule has 0 amide bonds. The highest BCUT2D eigenvalue weighted by atomic mass is 15.0. The second kappa shape index (κ2) is 7.00. The van der Waals surface area contributed by atoms with Crippen LogP contribution in [0.25, 0.3) is 11.1 Å². The molecular weight excluding hydrogens is 272 g/mol. The van der Waals surface area contributed by atoms with Crippen molar-refractivity contribution in [1.29, 1.82) is 0 Å². The number of hydrogen-bond donors (Lipinski definition) is 1. The molecule has 112 valence electrons. The molecule has 1 N–H and O–H groups in total. The Hall–Kier alpha value is -2.46. The molecule has 0 saturated carbocycles. The molecule has 1 unspecified atom stereocenters. The van der Waals surface area contributed by atoms with Crippen LogP contribution in [-0.2, 0) is 6.54 Å². The van der Waals surface area contributed by atoms with E-state index in [2.05, 4.69) is 57.1 Å². The molecule has 0 aliphatic carbocycles. The van der Waals surface area contributed by atoms with Crippen molar-refractivity contribution in [3.8, 4) is 11.1 Å². The van der Waals surface area contributed by atoms with Crippen molar-refractivity contribution in [2.45, 2.75) is 19.5 Å². The molecule has 4 heteroatoms. The van der Waals surface area contributed by atoms with E-state index in [-0.39, 0.29) is 0 Å². The standard InChI is InChI=1S/C18H20N4/c1-15(21-10-12-22-11-9-20-14-22)16-4-6-17(7-5-16)18-3-2-8-19-13-18/h2-9,11,13-15,21H,10,12H2,1H3. The summed E-state index contributed by atoms with van der Waals surface area (Å²) in [6.07, 6.45) is 9.32. The lowest BCUT2D eigenvalue weighted by Gasteiger charge is -2.15. The van der Waals surface area contributed by atoms with E-state index in [1.165, 1.54) is 11.1 Å². The zero-order chi connectivity index (χ0) is 15.2. The Labute approximate surface area is 130 Å². The maximum absolute atomic E-state index is 4.16. The molecule has 2 heterocycles. The molecular formula is C18H20N4. The minimum absolute atomic E-state index is 0.325. The van der Waals surface area contributed by atoms with Crippen molar-refractivity contribution in [3.63, 3.8) is 0 Å². The number of nitrogens with one attached hydrogen (secondary N) is 1. The van der Waals surface area contributed by atoms with Crippen molar-refractivity contribution in [1.82, 2.24) is 19.9 Å². The van der Waals surface area contributed by atoms with E-state index in [1.54, 1.807) is 12.4 Å². The first-order valence-electron chi connectivity index (χ1n) is 7.52. The quantitative estimate of drug-likeness (QED) is 0.758. The SMILES string of the molecule is CC(NCCn1ccnc1)c1ccc(-c2cccnc2)cc1. The second-order valence-corrected chi connectivity index (χ2v) is 5.34. The first kappa shape index (κ1) is 14.5. The van der Waals surface area contributed by atoms with Gasteiger partial charge in [-0.25, -0.2) is 4.98 Å². The van der Waals surface area contributed by atoms with Gasteiger partial charge in [-0.15, -0.1) is 0 Å². The molecule has 0 spiro atoms. The topological polar surface area (TPSA) is 42.7 Å². The number of benzene rings is 1. The van der Waals surface area contributed by atoms with Crippen molar-refractivity contribution in [2.75, 3.05) is 6.54 Å². The molecule has 0 fully saturated rings. The predicted octanol–water partition coefficient (Wildman–Crippen LogP) is 3.30. The fraction of sp³-hybridized carbons (Fsp3) is 0.222. The van der Waals surface area contributed by atoms with E-state index in [0.29, 0.717) is 6.04 Å². The summed E-state index contributed by atoms with van der Waals surface area (Å²) < 4.78 is 2.07. The van der Waals surface area contributed by atoms with Crippen LogP contribution in [0.4, 0.5) is 0 Å². The van der Waals surface area contributed by atoms with Crippen LogP contribution >= 0.6 is 0 Å². The van der Waals surface area contributed by atoms with Crippen LogP contribution < -0.4 is 5.32 Å². The fourth-order valence-corrected chi connectivity index (χ4v) is 2.44. The highest BCUT2D eigenvalue weighted by Crippen LogP contribution is 2.21. The third kappa shape index (κ3) is 3.59. The third-order valence-corrected chi connectivity index (χ3v) is 3.79. The number of aromatic nitrogens is 3. The van der Waals surface area contributed by atoms with Gasteiger partial charge < -0.3 is 9.88 Å². The van der Waals surface area contributed by atoms with Crippen LogP contribution in [0.5, 0.6) is 0 Å². The number of hydrogen-bond acceptors (Lipinski definition) is 3. The van der Waals surface area contributed by atoms with E-state index in [0.717, 1.165) is 18.7 Å². The first-order chi connectivity index (χ1) is 10.8.